The van der Waals surface area contributed by atoms with Crippen molar-refractivity contribution in [2.75, 3.05) is 7.11 Å². The predicted molar refractivity (Wildman–Crippen MR) is 66.1 cm³/mol. The average molecular weight is 300 g/mol. The first kappa shape index (κ1) is 11.5. The van der Waals surface area contributed by atoms with Crippen molar-refractivity contribution in [2.24, 2.45) is 0 Å². The van der Waals surface area contributed by atoms with E-state index in [4.69, 9.17) is 4.74 Å². The molecule has 0 aliphatic heterocycles. The van der Waals surface area contributed by atoms with E-state index in [2.05, 4.69) is 30.9 Å². The van der Waals surface area contributed by atoms with E-state index in [-0.39, 0.29) is 4.83 Å². The van der Waals surface area contributed by atoms with Gasteiger partial charge >= 0.3 is 0 Å². The Labute approximate surface area is 106 Å². The Balaban J connectivity index is 2.08. The lowest BCUT2D eigenvalue weighted by Gasteiger charge is -2.06. The fourth-order valence-electron chi connectivity index (χ4n) is 1.26. The molecule has 0 radical (unpaired) electrons. The molecule has 0 fully saturated rings. The first-order valence-corrected chi connectivity index (χ1v) is 6.46. The number of rotatable bonds is 4. The topological polar surface area (TPSA) is 47.9 Å². The van der Waals surface area contributed by atoms with Crippen LogP contribution in [0.3, 0.4) is 0 Å². The van der Waals surface area contributed by atoms with Crippen LogP contribution >= 0.6 is 27.3 Å². The Hall–Kier alpha value is -1.01. The highest BCUT2D eigenvalue weighted by molar-refractivity contribution is 9.09. The third kappa shape index (κ3) is 2.76. The summed E-state index contributed by atoms with van der Waals surface area (Å²) in [4.78, 5) is 13.6. The van der Waals surface area contributed by atoms with Gasteiger partial charge in [-0.2, -0.15) is 0 Å². The number of thiazole rings is 1. The minimum Gasteiger partial charge on any atom is -0.481 e. The zero-order valence-corrected chi connectivity index (χ0v) is 11.0. The number of alkyl halides is 1. The van der Waals surface area contributed by atoms with E-state index in [9.17, 15) is 0 Å². The molecule has 0 N–H and O–H groups in total. The van der Waals surface area contributed by atoms with Crippen LogP contribution in [0.15, 0.2) is 24.1 Å². The summed E-state index contributed by atoms with van der Waals surface area (Å²) in [5, 5.41) is 0. The summed E-state index contributed by atoms with van der Waals surface area (Å²) < 4.78 is 5.05. The highest BCUT2D eigenvalue weighted by Gasteiger charge is 2.11. The van der Waals surface area contributed by atoms with Crippen molar-refractivity contribution in [3.05, 3.63) is 34.7 Å². The molecule has 2 aromatic rings. The van der Waals surface area contributed by atoms with Gasteiger partial charge in [-0.05, 0) is 0 Å². The predicted octanol–water partition coefficient (Wildman–Crippen LogP) is 2.62. The normalized spacial score (nSPS) is 12.4. The first-order chi connectivity index (χ1) is 7.79. The van der Waals surface area contributed by atoms with Gasteiger partial charge in [-0.15, -0.1) is 11.3 Å². The summed E-state index contributed by atoms with van der Waals surface area (Å²) in [6.07, 6.45) is 4.17. The number of nitrogens with zero attached hydrogens (tertiary/aromatic N) is 3. The van der Waals surface area contributed by atoms with Crippen LogP contribution in [0.4, 0.5) is 0 Å². The quantitative estimate of drug-likeness (QED) is 0.814. The third-order valence-electron chi connectivity index (χ3n) is 2.06. The van der Waals surface area contributed by atoms with Crippen molar-refractivity contribution in [2.45, 2.75) is 11.2 Å². The lowest BCUT2D eigenvalue weighted by Crippen LogP contribution is -1.98. The lowest BCUT2D eigenvalue weighted by atomic mass is 10.2. The second-order valence-corrected chi connectivity index (χ2v) is 5.15. The summed E-state index contributed by atoms with van der Waals surface area (Å²) in [5.41, 5.74) is 2.77. The molecule has 0 saturated heterocycles. The summed E-state index contributed by atoms with van der Waals surface area (Å²) in [6.45, 7) is 0. The van der Waals surface area contributed by atoms with Gasteiger partial charge in [0.05, 0.1) is 17.4 Å². The second kappa shape index (κ2) is 5.36. The highest BCUT2D eigenvalue weighted by Crippen LogP contribution is 2.29. The summed E-state index contributed by atoms with van der Waals surface area (Å²) in [6, 6.07) is 1.84. The van der Waals surface area contributed by atoms with Crippen LogP contribution in [-0.4, -0.2) is 22.1 Å². The van der Waals surface area contributed by atoms with Gasteiger partial charge in [0.15, 0.2) is 0 Å². The Morgan fingerprint density at radius 1 is 1.50 bits per heavy atom. The summed E-state index contributed by atoms with van der Waals surface area (Å²) in [5.74, 6) is 0.592. The third-order valence-corrected chi connectivity index (χ3v) is 4.07. The Bertz CT molecular complexity index is 449. The van der Waals surface area contributed by atoms with E-state index in [1.54, 1.807) is 18.4 Å². The smallest absolute Gasteiger partial charge is 0.216 e. The molecule has 1 atom stereocenters. The number of aromatic nitrogens is 3. The van der Waals surface area contributed by atoms with Gasteiger partial charge in [0.2, 0.25) is 5.88 Å². The fourth-order valence-corrected chi connectivity index (χ4v) is 2.63. The van der Waals surface area contributed by atoms with Crippen LogP contribution in [0.5, 0.6) is 5.88 Å². The van der Waals surface area contributed by atoms with Crippen molar-refractivity contribution in [3.8, 4) is 5.88 Å². The van der Waals surface area contributed by atoms with E-state index < -0.39 is 0 Å². The molecule has 0 aromatic carbocycles. The van der Waals surface area contributed by atoms with Crippen molar-refractivity contribution >= 4 is 27.3 Å². The molecular weight excluding hydrogens is 290 g/mol. The maximum atomic E-state index is 5.05. The number of hydrogen-bond donors (Lipinski definition) is 0. The Morgan fingerprint density at radius 2 is 2.38 bits per heavy atom. The van der Waals surface area contributed by atoms with Crippen molar-refractivity contribution in [1.82, 2.24) is 15.0 Å². The molecule has 1 unspecified atom stereocenters. The van der Waals surface area contributed by atoms with E-state index in [1.165, 1.54) is 11.2 Å². The van der Waals surface area contributed by atoms with E-state index in [1.807, 2.05) is 17.8 Å². The van der Waals surface area contributed by atoms with Gasteiger partial charge in [-0.1, -0.05) is 15.9 Å². The number of hydrogen-bond acceptors (Lipinski definition) is 5. The molecular formula is C10H10BrN3OS. The maximum Gasteiger partial charge on any atom is 0.216 e. The van der Waals surface area contributed by atoms with E-state index >= 15 is 0 Å². The second-order valence-electron chi connectivity index (χ2n) is 3.13. The SMILES string of the molecule is COc1cc(CC(Br)c2cncs2)ncn1. The van der Waals surface area contributed by atoms with Crippen LogP contribution in [0.1, 0.15) is 15.4 Å². The molecule has 2 aromatic heterocycles. The molecule has 0 spiro atoms. The average Bonchev–Trinajstić information content (AvgIpc) is 2.83. The molecule has 0 amide bonds. The minimum absolute atomic E-state index is 0.236. The number of ether oxygens (including phenoxy) is 1. The van der Waals surface area contributed by atoms with Crippen LogP contribution in [-0.2, 0) is 6.42 Å². The summed E-state index contributed by atoms with van der Waals surface area (Å²) in [7, 11) is 1.60. The van der Waals surface area contributed by atoms with Gasteiger partial charge in [-0.3, -0.25) is 4.98 Å². The Morgan fingerprint density at radius 3 is 3.06 bits per heavy atom. The molecule has 2 rings (SSSR count). The maximum absolute atomic E-state index is 5.05. The van der Waals surface area contributed by atoms with Gasteiger partial charge in [0, 0.05) is 29.3 Å². The molecule has 0 aliphatic carbocycles. The van der Waals surface area contributed by atoms with Crippen molar-refractivity contribution in [1.29, 1.82) is 0 Å². The number of methoxy groups -OCH3 is 1. The van der Waals surface area contributed by atoms with Crippen molar-refractivity contribution < 1.29 is 4.74 Å². The zero-order chi connectivity index (χ0) is 11.4. The molecule has 6 heteroatoms. The van der Waals surface area contributed by atoms with E-state index in [0.29, 0.717) is 5.88 Å². The standard InChI is InChI=1S/C10H10BrN3OS/c1-15-10-3-7(13-5-14-10)2-8(11)9-4-12-6-16-9/h3-6,8H,2H2,1H3. The van der Waals surface area contributed by atoms with Gasteiger partial charge in [0.25, 0.3) is 0 Å². The molecule has 84 valence electrons. The fraction of sp³-hybridized carbons (Fsp3) is 0.300. The molecule has 0 aliphatic rings. The molecule has 0 saturated carbocycles. The largest absolute Gasteiger partial charge is 0.481 e. The minimum atomic E-state index is 0.236. The van der Waals surface area contributed by atoms with Gasteiger partial charge < -0.3 is 4.74 Å². The van der Waals surface area contributed by atoms with Crippen LogP contribution in [0, 0.1) is 0 Å². The number of halogens is 1. The van der Waals surface area contributed by atoms with E-state index in [0.717, 1.165) is 12.1 Å². The lowest BCUT2D eigenvalue weighted by molar-refractivity contribution is 0.396. The monoisotopic (exact) mass is 299 g/mol. The molecule has 4 nitrogen and oxygen atoms in total. The zero-order valence-electron chi connectivity index (χ0n) is 8.63. The van der Waals surface area contributed by atoms with Crippen molar-refractivity contribution in [3.63, 3.8) is 0 Å². The van der Waals surface area contributed by atoms with Gasteiger partial charge in [-0.25, -0.2) is 9.97 Å². The molecule has 2 heterocycles. The van der Waals surface area contributed by atoms with Crippen LogP contribution in [0.2, 0.25) is 0 Å². The Kier molecular flexibility index (Phi) is 3.84. The van der Waals surface area contributed by atoms with Crippen LogP contribution in [0.25, 0.3) is 0 Å². The summed E-state index contributed by atoms with van der Waals surface area (Å²) >= 11 is 5.25. The molecule has 16 heavy (non-hydrogen) atoms. The highest BCUT2D eigenvalue weighted by atomic mass is 79.9. The van der Waals surface area contributed by atoms with Crippen LogP contribution < -0.4 is 4.74 Å². The first-order valence-electron chi connectivity index (χ1n) is 4.67. The van der Waals surface area contributed by atoms with Gasteiger partial charge in [0.1, 0.15) is 6.33 Å². The molecule has 0 bridgehead atoms.